The van der Waals surface area contributed by atoms with Gasteiger partial charge in [0, 0.05) is 26.4 Å². The molecule has 0 saturated carbocycles. The minimum absolute atomic E-state index is 0.0620. The van der Waals surface area contributed by atoms with Crippen LogP contribution < -0.4 is 11.1 Å². The summed E-state index contributed by atoms with van der Waals surface area (Å²) in [7, 11) is 3.40. The van der Waals surface area contributed by atoms with E-state index in [4.69, 9.17) is 0 Å². The molecule has 0 amide bonds. The molecule has 1 N–H and O–H groups in total. The molecule has 0 bridgehead atoms. The van der Waals surface area contributed by atoms with Crippen LogP contribution in [0.15, 0.2) is 46.4 Å². The Morgan fingerprint density at radius 3 is 2.75 bits per heavy atom. The van der Waals surface area contributed by atoms with Gasteiger partial charge in [-0.05, 0) is 23.8 Å². The van der Waals surface area contributed by atoms with Gasteiger partial charge in [-0.25, -0.2) is 9.78 Å². The van der Waals surface area contributed by atoms with Crippen molar-refractivity contribution in [2.75, 3.05) is 5.43 Å². The Balaban J connectivity index is 1.88. The fraction of sp³-hybridized carbons (Fsp3) is 0.133. The summed E-state index contributed by atoms with van der Waals surface area (Å²) in [6.07, 6.45) is 2.95. The van der Waals surface area contributed by atoms with Gasteiger partial charge in [-0.2, -0.15) is 5.10 Å². The van der Waals surface area contributed by atoms with Gasteiger partial charge in [0.1, 0.15) is 0 Å². The van der Waals surface area contributed by atoms with E-state index in [0.29, 0.717) is 0 Å². The van der Waals surface area contributed by atoms with Crippen LogP contribution in [0.4, 0.5) is 11.5 Å². The number of nitro groups is 1. The Kier molecular flexibility index (Phi) is 3.82. The summed E-state index contributed by atoms with van der Waals surface area (Å²) >= 11 is 0. The molecule has 0 spiro atoms. The summed E-state index contributed by atoms with van der Waals surface area (Å²) in [6, 6.07) is 8.27. The van der Waals surface area contributed by atoms with E-state index in [1.54, 1.807) is 29.3 Å². The molecule has 3 aromatic rings. The van der Waals surface area contributed by atoms with Gasteiger partial charge in [0.25, 0.3) is 0 Å². The highest BCUT2D eigenvalue weighted by atomic mass is 16.6. The van der Waals surface area contributed by atoms with Gasteiger partial charge >= 0.3 is 11.4 Å². The van der Waals surface area contributed by atoms with E-state index < -0.39 is 4.92 Å². The van der Waals surface area contributed by atoms with Gasteiger partial charge < -0.3 is 0 Å². The molecule has 0 saturated heterocycles. The van der Waals surface area contributed by atoms with Crippen LogP contribution in [0.5, 0.6) is 0 Å². The van der Waals surface area contributed by atoms with E-state index in [2.05, 4.69) is 15.5 Å². The number of aryl methyl sites for hydroxylation is 2. The van der Waals surface area contributed by atoms with Crippen molar-refractivity contribution in [2.24, 2.45) is 19.2 Å². The molecule has 1 aromatic carbocycles. The van der Waals surface area contributed by atoms with Crippen molar-refractivity contribution in [1.29, 1.82) is 0 Å². The van der Waals surface area contributed by atoms with Crippen LogP contribution in [0, 0.1) is 10.1 Å². The predicted octanol–water partition coefficient (Wildman–Crippen LogP) is 1.63. The van der Waals surface area contributed by atoms with Crippen molar-refractivity contribution in [1.82, 2.24) is 14.1 Å². The maximum Gasteiger partial charge on any atom is 0.328 e. The number of aromatic nitrogens is 3. The summed E-state index contributed by atoms with van der Waals surface area (Å²) in [5.41, 5.74) is 4.63. The van der Waals surface area contributed by atoms with Crippen LogP contribution in [0.1, 0.15) is 5.56 Å². The fourth-order valence-corrected chi connectivity index (χ4v) is 2.40. The van der Waals surface area contributed by atoms with Gasteiger partial charge in [0.2, 0.25) is 5.82 Å². The number of pyridine rings is 1. The minimum Gasteiger partial charge on any atom is -0.295 e. The molecule has 2 heterocycles. The number of rotatable bonds is 4. The second kappa shape index (κ2) is 5.95. The Hall–Kier alpha value is -3.49. The average molecular weight is 326 g/mol. The lowest BCUT2D eigenvalue weighted by atomic mass is 10.2. The first-order valence-corrected chi connectivity index (χ1v) is 7.03. The fourth-order valence-electron chi connectivity index (χ4n) is 2.40. The summed E-state index contributed by atoms with van der Waals surface area (Å²) in [6.45, 7) is 0. The molecule has 9 heteroatoms. The highest BCUT2D eigenvalue weighted by Crippen LogP contribution is 2.20. The number of anilines is 1. The van der Waals surface area contributed by atoms with Gasteiger partial charge in [-0.3, -0.25) is 24.7 Å². The quantitative estimate of drug-likeness (QED) is 0.445. The summed E-state index contributed by atoms with van der Waals surface area (Å²) in [5.74, 6) is 0.0620. The summed E-state index contributed by atoms with van der Waals surface area (Å²) in [4.78, 5) is 26.2. The lowest BCUT2D eigenvalue weighted by Crippen LogP contribution is -2.19. The van der Waals surface area contributed by atoms with Crippen LogP contribution in [0.25, 0.3) is 11.0 Å². The van der Waals surface area contributed by atoms with Crippen LogP contribution in [-0.4, -0.2) is 25.3 Å². The molecule has 0 fully saturated rings. The number of nitrogens with zero attached hydrogens (tertiary/aromatic N) is 5. The van der Waals surface area contributed by atoms with Crippen LogP contribution in [-0.2, 0) is 14.1 Å². The topological polar surface area (TPSA) is 107 Å². The largest absolute Gasteiger partial charge is 0.328 e. The van der Waals surface area contributed by atoms with Crippen LogP contribution in [0.3, 0.4) is 0 Å². The number of nitrogens with one attached hydrogen (secondary N) is 1. The summed E-state index contributed by atoms with van der Waals surface area (Å²) in [5, 5.41) is 14.9. The molecule has 3 rings (SSSR count). The van der Waals surface area contributed by atoms with E-state index in [-0.39, 0.29) is 17.2 Å². The first-order chi connectivity index (χ1) is 11.5. The highest BCUT2D eigenvalue weighted by molar-refractivity contribution is 5.87. The molecule has 24 heavy (non-hydrogen) atoms. The summed E-state index contributed by atoms with van der Waals surface area (Å²) < 4.78 is 3.11. The molecule has 0 aliphatic rings. The first kappa shape index (κ1) is 15.4. The van der Waals surface area contributed by atoms with Crippen molar-refractivity contribution < 1.29 is 4.92 Å². The number of hydrazone groups is 1. The number of fused-ring (bicyclic) bond motifs is 1. The minimum atomic E-state index is -0.531. The van der Waals surface area contributed by atoms with Gasteiger partial charge in [0.15, 0.2) is 0 Å². The molecule has 0 aliphatic heterocycles. The van der Waals surface area contributed by atoms with Crippen molar-refractivity contribution in [3.63, 3.8) is 0 Å². The van der Waals surface area contributed by atoms with Crippen molar-refractivity contribution in [3.8, 4) is 0 Å². The maximum absolute atomic E-state index is 11.9. The lowest BCUT2D eigenvalue weighted by Gasteiger charge is -2.00. The third-order valence-electron chi connectivity index (χ3n) is 3.66. The van der Waals surface area contributed by atoms with E-state index >= 15 is 0 Å². The monoisotopic (exact) mass is 326 g/mol. The van der Waals surface area contributed by atoms with E-state index in [1.165, 1.54) is 24.5 Å². The third kappa shape index (κ3) is 2.62. The Morgan fingerprint density at radius 1 is 1.25 bits per heavy atom. The smallest absolute Gasteiger partial charge is 0.295 e. The number of imidazole rings is 1. The molecular formula is C15H14N6O3. The van der Waals surface area contributed by atoms with Crippen molar-refractivity contribution >= 4 is 28.8 Å². The Labute approximate surface area is 136 Å². The van der Waals surface area contributed by atoms with Gasteiger partial charge in [-0.1, -0.05) is 6.07 Å². The normalized spacial score (nSPS) is 11.2. The average Bonchev–Trinajstić information content (AvgIpc) is 2.79. The SMILES string of the molecule is Cn1c(=O)n(C)c2cc(/C=N\Nc3ncccc3[N+](=O)[O-])ccc21. The van der Waals surface area contributed by atoms with Gasteiger partial charge in [-0.15, -0.1) is 0 Å². The van der Waals surface area contributed by atoms with Crippen molar-refractivity contribution in [3.05, 3.63) is 62.7 Å². The van der Waals surface area contributed by atoms with E-state index in [1.807, 2.05) is 12.1 Å². The highest BCUT2D eigenvalue weighted by Gasteiger charge is 2.13. The second-order valence-electron chi connectivity index (χ2n) is 5.15. The zero-order valence-electron chi connectivity index (χ0n) is 13.0. The number of hydrogen-bond donors (Lipinski definition) is 1. The lowest BCUT2D eigenvalue weighted by molar-refractivity contribution is -0.384. The zero-order chi connectivity index (χ0) is 17.3. The van der Waals surface area contributed by atoms with Gasteiger partial charge in [0.05, 0.1) is 22.2 Å². The Morgan fingerprint density at radius 2 is 2.00 bits per heavy atom. The van der Waals surface area contributed by atoms with Crippen LogP contribution in [0.2, 0.25) is 0 Å². The molecule has 122 valence electrons. The number of hydrogen-bond acceptors (Lipinski definition) is 6. The van der Waals surface area contributed by atoms with E-state index in [9.17, 15) is 14.9 Å². The second-order valence-corrected chi connectivity index (χ2v) is 5.15. The number of benzene rings is 1. The molecular weight excluding hydrogens is 312 g/mol. The standard InChI is InChI=1S/C15H14N6O3/c1-19-11-6-5-10(8-13(11)20(2)15(19)22)9-17-18-14-12(21(23)24)4-3-7-16-14/h3-9H,1-2H3,(H,16,18)/b17-9-. The van der Waals surface area contributed by atoms with Crippen LogP contribution >= 0.6 is 0 Å². The Bertz CT molecular complexity index is 1020. The first-order valence-electron chi connectivity index (χ1n) is 7.03. The molecule has 0 radical (unpaired) electrons. The molecule has 9 nitrogen and oxygen atoms in total. The molecule has 2 aromatic heterocycles. The molecule has 0 unspecified atom stereocenters. The zero-order valence-corrected chi connectivity index (χ0v) is 13.0. The predicted molar refractivity (Wildman–Crippen MR) is 90.3 cm³/mol. The third-order valence-corrected chi connectivity index (χ3v) is 3.66. The van der Waals surface area contributed by atoms with E-state index in [0.717, 1.165) is 16.6 Å². The van der Waals surface area contributed by atoms with Crippen molar-refractivity contribution in [2.45, 2.75) is 0 Å². The molecule has 0 atom stereocenters. The molecule has 0 aliphatic carbocycles. The maximum atomic E-state index is 11.9.